The van der Waals surface area contributed by atoms with E-state index in [-0.39, 0.29) is 29.6 Å². The number of phenolic OH excluding ortho intramolecular Hbond substituents is 1. The normalized spacial score (nSPS) is 33.5. The zero-order valence-corrected chi connectivity index (χ0v) is 19.0. The fraction of sp³-hybridized carbons (Fsp3) is 0.583. The van der Waals surface area contributed by atoms with Crippen LogP contribution in [0, 0.1) is 5.92 Å². The maximum Gasteiger partial charge on any atom is 0.340 e. The monoisotopic (exact) mass is 492 g/mol. The highest BCUT2D eigenvalue weighted by Crippen LogP contribution is 2.67. The molecule has 4 aliphatic rings. The fourth-order valence-corrected chi connectivity index (χ4v) is 6.38. The molecule has 0 amide bonds. The van der Waals surface area contributed by atoms with E-state index in [0.29, 0.717) is 12.8 Å². The van der Waals surface area contributed by atoms with E-state index in [1.807, 2.05) is 6.07 Å². The van der Waals surface area contributed by atoms with E-state index in [1.165, 1.54) is 6.92 Å². The SMILES string of the molecule is C[C@H](OC(O)[C@H](O)[C@@H](O)C(=O)O)C(=O)OC1=CC[C@@]2(O)[C@@H]3CCC[C@@]24c2c(ccc(O)c2O[C@@H]14)C3. The van der Waals surface area contributed by atoms with Gasteiger partial charge in [-0.1, -0.05) is 12.5 Å². The van der Waals surface area contributed by atoms with E-state index < -0.39 is 53.7 Å². The van der Waals surface area contributed by atoms with Gasteiger partial charge in [-0.15, -0.1) is 0 Å². The van der Waals surface area contributed by atoms with Gasteiger partial charge in [-0.05, 0) is 56.2 Å². The number of carbonyl (C=O) groups excluding carboxylic acids is 1. The fourth-order valence-electron chi connectivity index (χ4n) is 6.38. The van der Waals surface area contributed by atoms with Crippen molar-refractivity contribution in [1.82, 2.24) is 0 Å². The van der Waals surface area contributed by atoms with Crippen LogP contribution in [0.4, 0.5) is 0 Å². The van der Waals surface area contributed by atoms with Crippen molar-refractivity contribution >= 4 is 11.9 Å². The van der Waals surface area contributed by atoms with Gasteiger partial charge in [0.2, 0.25) is 0 Å². The molecule has 1 heterocycles. The molecular weight excluding hydrogens is 464 g/mol. The van der Waals surface area contributed by atoms with Crippen LogP contribution < -0.4 is 4.74 Å². The molecule has 1 unspecified atom stereocenters. The van der Waals surface area contributed by atoms with Gasteiger partial charge in [0.05, 0.1) is 11.0 Å². The summed E-state index contributed by atoms with van der Waals surface area (Å²) in [5.41, 5.74) is -0.276. The summed E-state index contributed by atoms with van der Waals surface area (Å²) in [4.78, 5) is 23.6. The van der Waals surface area contributed by atoms with Gasteiger partial charge in [-0.3, -0.25) is 0 Å². The van der Waals surface area contributed by atoms with E-state index in [2.05, 4.69) is 0 Å². The van der Waals surface area contributed by atoms with Crippen LogP contribution in [0.5, 0.6) is 11.5 Å². The van der Waals surface area contributed by atoms with Crippen LogP contribution in [0.2, 0.25) is 0 Å². The summed E-state index contributed by atoms with van der Waals surface area (Å²) >= 11 is 0. The van der Waals surface area contributed by atoms with Crippen molar-refractivity contribution in [2.45, 2.75) is 80.7 Å². The van der Waals surface area contributed by atoms with E-state index >= 15 is 0 Å². The molecule has 11 heteroatoms. The minimum Gasteiger partial charge on any atom is -0.504 e. The van der Waals surface area contributed by atoms with Crippen LogP contribution in [0.3, 0.4) is 0 Å². The molecule has 0 aromatic heterocycles. The molecule has 1 saturated carbocycles. The summed E-state index contributed by atoms with van der Waals surface area (Å²) in [6.45, 7) is 1.23. The Labute approximate surface area is 200 Å². The number of carboxylic acids is 1. The summed E-state index contributed by atoms with van der Waals surface area (Å²) in [5.74, 6) is -2.39. The molecule has 0 radical (unpaired) electrons. The molecule has 1 aromatic rings. The molecule has 11 nitrogen and oxygen atoms in total. The first kappa shape index (κ1) is 24.0. The number of aliphatic hydroxyl groups excluding tert-OH is 3. The highest BCUT2D eigenvalue weighted by molar-refractivity contribution is 5.76. The summed E-state index contributed by atoms with van der Waals surface area (Å²) in [5, 5.41) is 60.2. The Hall–Kier alpha value is -2.70. The van der Waals surface area contributed by atoms with Crippen molar-refractivity contribution in [2.24, 2.45) is 5.92 Å². The Morgan fingerprint density at radius 3 is 2.69 bits per heavy atom. The molecule has 1 fully saturated rings. The van der Waals surface area contributed by atoms with E-state index in [4.69, 9.17) is 19.3 Å². The molecule has 2 bridgehead atoms. The predicted molar refractivity (Wildman–Crippen MR) is 115 cm³/mol. The summed E-state index contributed by atoms with van der Waals surface area (Å²) < 4.78 is 16.7. The highest BCUT2D eigenvalue weighted by Gasteiger charge is 2.70. The lowest BCUT2D eigenvalue weighted by Crippen LogP contribution is -2.67. The maximum atomic E-state index is 12.8. The number of hydrogen-bond acceptors (Lipinski definition) is 10. The van der Waals surface area contributed by atoms with Crippen molar-refractivity contribution in [3.05, 3.63) is 35.1 Å². The molecular formula is C24H28O11. The third-order valence-electron chi connectivity index (χ3n) is 8.03. The number of aliphatic hydroxyl groups is 4. The quantitative estimate of drug-likeness (QED) is 0.220. The zero-order valence-electron chi connectivity index (χ0n) is 19.0. The summed E-state index contributed by atoms with van der Waals surface area (Å²) in [7, 11) is 0. The lowest BCUT2D eigenvalue weighted by Gasteiger charge is -2.59. The van der Waals surface area contributed by atoms with Gasteiger partial charge in [0, 0.05) is 5.56 Å². The van der Waals surface area contributed by atoms with Gasteiger partial charge in [0.1, 0.15) is 11.9 Å². The minimum absolute atomic E-state index is 0.0154. The molecule has 3 aliphatic carbocycles. The first-order valence-electron chi connectivity index (χ1n) is 11.6. The van der Waals surface area contributed by atoms with Gasteiger partial charge in [-0.2, -0.15) is 0 Å². The first-order chi connectivity index (χ1) is 16.5. The molecule has 8 atom stereocenters. The third kappa shape index (κ3) is 3.30. The second-order valence-corrected chi connectivity index (χ2v) is 9.81. The number of ether oxygens (including phenoxy) is 3. The number of phenols is 1. The van der Waals surface area contributed by atoms with Gasteiger partial charge in [-0.25, -0.2) is 9.59 Å². The molecule has 1 aromatic carbocycles. The molecule has 1 spiro atoms. The Kier molecular flexibility index (Phi) is 5.61. The van der Waals surface area contributed by atoms with Crippen LogP contribution in [0.1, 0.15) is 43.7 Å². The Balaban J connectivity index is 1.40. The zero-order chi connectivity index (χ0) is 25.3. The molecule has 0 saturated heterocycles. The number of carbonyl (C=O) groups is 2. The van der Waals surface area contributed by atoms with Gasteiger partial charge in [0.25, 0.3) is 0 Å². The van der Waals surface area contributed by atoms with Crippen LogP contribution in [0.15, 0.2) is 24.0 Å². The lowest BCUT2D eigenvalue weighted by molar-refractivity contribution is -0.218. The third-order valence-corrected chi connectivity index (χ3v) is 8.03. The van der Waals surface area contributed by atoms with Crippen molar-refractivity contribution in [3.8, 4) is 11.5 Å². The number of aromatic hydroxyl groups is 1. The maximum absolute atomic E-state index is 12.8. The van der Waals surface area contributed by atoms with Crippen molar-refractivity contribution in [2.75, 3.05) is 0 Å². The number of esters is 1. The average molecular weight is 492 g/mol. The van der Waals surface area contributed by atoms with E-state index in [9.17, 15) is 35.1 Å². The first-order valence-corrected chi connectivity index (χ1v) is 11.6. The minimum atomic E-state index is -2.32. The Morgan fingerprint density at radius 1 is 1.23 bits per heavy atom. The van der Waals surface area contributed by atoms with Crippen LogP contribution in [-0.4, -0.2) is 78.9 Å². The lowest BCUT2D eigenvalue weighted by atomic mass is 9.47. The van der Waals surface area contributed by atoms with Crippen molar-refractivity contribution < 1.29 is 54.4 Å². The van der Waals surface area contributed by atoms with Crippen LogP contribution in [0.25, 0.3) is 0 Å². The van der Waals surface area contributed by atoms with Gasteiger partial charge >= 0.3 is 11.9 Å². The highest BCUT2D eigenvalue weighted by atomic mass is 16.7. The van der Waals surface area contributed by atoms with Crippen molar-refractivity contribution in [3.63, 3.8) is 0 Å². The standard InChI is InChI=1S/C24H28O11/c1-10(33-22(31)17(27)16(26)20(28)29)21(30)34-14-6-8-24(32)12-3-2-7-23(24)15-11(9-12)4-5-13(25)18(15)35-19(14)23/h4-6,10,12,16-17,19,22,25-27,31-32H,2-3,7-9H2,1H3,(H,28,29)/t10-,12+,16+,17+,19-,22?,23-,24+/m0/s1. The smallest absolute Gasteiger partial charge is 0.340 e. The molecule has 6 N–H and O–H groups in total. The van der Waals surface area contributed by atoms with E-state index in [0.717, 1.165) is 24.0 Å². The number of rotatable bonds is 7. The molecule has 5 rings (SSSR count). The van der Waals surface area contributed by atoms with Crippen LogP contribution in [-0.2, 0) is 30.9 Å². The van der Waals surface area contributed by atoms with Crippen LogP contribution >= 0.6 is 0 Å². The molecule has 35 heavy (non-hydrogen) atoms. The largest absolute Gasteiger partial charge is 0.504 e. The number of hydrogen-bond donors (Lipinski definition) is 6. The summed E-state index contributed by atoms with van der Waals surface area (Å²) in [6, 6.07) is 3.41. The van der Waals surface area contributed by atoms with Gasteiger partial charge in [0.15, 0.2) is 36.1 Å². The summed E-state index contributed by atoms with van der Waals surface area (Å²) in [6.07, 6.45) is -4.27. The number of benzene rings is 1. The number of aliphatic carboxylic acids is 1. The topological polar surface area (TPSA) is 183 Å². The van der Waals surface area contributed by atoms with E-state index in [1.54, 1.807) is 12.1 Å². The average Bonchev–Trinajstić information content (AvgIpc) is 3.16. The second kappa shape index (κ2) is 8.17. The van der Waals surface area contributed by atoms with Gasteiger partial charge < -0.3 is 44.8 Å². The second-order valence-electron chi connectivity index (χ2n) is 9.81. The Bertz CT molecular complexity index is 1100. The number of carboxylic acid groups (broad SMARTS) is 1. The predicted octanol–water partition coefficient (Wildman–Crippen LogP) is -0.161. The molecule has 190 valence electrons. The van der Waals surface area contributed by atoms with Crippen molar-refractivity contribution in [1.29, 1.82) is 0 Å². The Morgan fingerprint density at radius 2 is 1.97 bits per heavy atom. The molecule has 1 aliphatic heterocycles.